The predicted molar refractivity (Wildman–Crippen MR) is 51.8 cm³/mol. The summed E-state index contributed by atoms with van der Waals surface area (Å²) < 4.78 is 9.37. The van der Waals surface area contributed by atoms with Crippen molar-refractivity contribution in [2.75, 3.05) is 14.2 Å². The minimum Gasteiger partial charge on any atom is -0.481 e. The molecule has 74 valence electrons. The fraction of sp³-hybridized carbons (Fsp3) is 0.200. The maximum Gasteiger partial charge on any atom is 0.330 e. The minimum atomic E-state index is -0.408. The lowest BCUT2D eigenvalue weighted by atomic mass is 10.3. The molecule has 0 saturated carbocycles. The van der Waals surface area contributed by atoms with Crippen molar-refractivity contribution in [1.82, 2.24) is 4.98 Å². The Morgan fingerprint density at radius 1 is 1.43 bits per heavy atom. The van der Waals surface area contributed by atoms with Crippen molar-refractivity contribution < 1.29 is 14.3 Å². The molecule has 0 radical (unpaired) electrons. The van der Waals surface area contributed by atoms with Gasteiger partial charge in [-0.25, -0.2) is 9.78 Å². The van der Waals surface area contributed by atoms with Crippen LogP contribution in [-0.4, -0.2) is 25.2 Å². The second-order valence-electron chi connectivity index (χ2n) is 2.46. The molecular formula is C10H11NO3. The van der Waals surface area contributed by atoms with Gasteiger partial charge in [0.1, 0.15) is 0 Å². The van der Waals surface area contributed by atoms with Crippen LogP contribution in [0.1, 0.15) is 5.69 Å². The highest BCUT2D eigenvalue weighted by Crippen LogP contribution is 2.07. The molecule has 14 heavy (non-hydrogen) atoms. The van der Waals surface area contributed by atoms with Crippen LogP contribution in [0.25, 0.3) is 6.08 Å². The van der Waals surface area contributed by atoms with E-state index in [-0.39, 0.29) is 0 Å². The highest BCUT2D eigenvalue weighted by atomic mass is 16.5. The van der Waals surface area contributed by atoms with Gasteiger partial charge in [-0.3, -0.25) is 0 Å². The van der Waals surface area contributed by atoms with Crippen molar-refractivity contribution in [2.45, 2.75) is 0 Å². The SMILES string of the molecule is COC(=O)/C=C/c1cccc(OC)n1. The van der Waals surface area contributed by atoms with E-state index in [1.165, 1.54) is 20.3 Å². The quantitative estimate of drug-likeness (QED) is 0.536. The zero-order valence-corrected chi connectivity index (χ0v) is 8.06. The van der Waals surface area contributed by atoms with Crippen LogP contribution in [0, 0.1) is 0 Å². The van der Waals surface area contributed by atoms with E-state index in [4.69, 9.17) is 4.74 Å². The smallest absolute Gasteiger partial charge is 0.330 e. The second-order valence-corrected chi connectivity index (χ2v) is 2.46. The van der Waals surface area contributed by atoms with Gasteiger partial charge in [0.25, 0.3) is 0 Å². The molecule has 0 aliphatic rings. The number of nitrogens with zero attached hydrogens (tertiary/aromatic N) is 1. The van der Waals surface area contributed by atoms with E-state index in [0.717, 1.165) is 0 Å². The van der Waals surface area contributed by atoms with Gasteiger partial charge in [0.2, 0.25) is 5.88 Å². The van der Waals surface area contributed by atoms with Gasteiger partial charge in [-0.1, -0.05) is 6.07 Å². The van der Waals surface area contributed by atoms with Gasteiger partial charge in [0, 0.05) is 12.1 Å². The molecule has 0 atom stereocenters. The number of ether oxygens (including phenoxy) is 2. The average Bonchev–Trinajstić information content (AvgIpc) is 2.26. The topological polar surface area (TPSA) is 48.4 Å². The van der Waals surface area contributed by atoms with Crippen LogP contribution in [0.3, 0.4) is 0 Å². The zero-order chi connectivity index (χ0) is 10.4. The molecule has 4 nitrogen and oxygen atoms in total. The normalized spacial score (nSPS) is 10.1. The number of hydrogen-bond donors (Lipinski definition) is 0. The van der Waals surface area contributed by atoms with Crippen LogP contribution >= 0.6 is 0 Å². The molecule has 0 fully saturated rings. The van der Waals surface area contributed by atoms with E-state index in [1.807, 2.05) is 0 Å². The van der Waals surface area contributed by atoms with Crippen molar-refractivity contribution in [1.29, 1.82) is 0 Å². The van der Waals surface area contributed by atoms with E-state index in [2.05, 4.69) is 9.72 Å². The molecule has 4 heteroatoms. The van der Waals surface area contributed by atoms with Crippen LogP contribution < -0.4 is 4.74 Å². The van der Waals surface area contributed by atoms with E-state index < -0.39 is 5.97 Å². The number of aromatic nitrogens is 1. The summed E-state index contributed by atoms with van der Waals surface area (Å²) >= 11 is 0. The molecule has 0 N–H and O–H groups in total. The van der Waals surface area contributed by atoms with E-state index in [9.17, 15) is 4.79 Å². The molecule has 1 rings (SSSR count). The Bertz CT molecular complexity index is 347. The maximum absolute atomic E-state index is 10.8. The Labute approximate surface area is 82.2 Å². The number of esters is 1. The average molecular weight is 193 g/mol. The van der Waals surface area contributed by atoms with E-state index >= 15 is 0 Å². The Morgan fingerprint density at radius 3 is 2.86 bits per heavy atom. The molecule has 0 bridgehead atoms. The summed E-state index contributed by atoms with van der Waals surface area (Å²) in [6.45, 7) is 0. The number of hydrogen-bond acceptors (Lipinski definition) is 4. The molecule has 0 saturated heterocycles. The van der Waals surface area contributed by atoms with Crippen LogP contribution in [0.4, 0.5) is 0 Å². The molecular weight excluding hydrogens is 182 g/mol. The lowest BCUT2D eigenvalue weighted by Gasteiger charge is -1.98. The summed E-state index contributed by atoms with van der Waals surface area (Å²) in [6, 6.07) is 5.29. The summed E-state index contributed by atoms with van der Waals surface area (Å²) in [6.07, 6.45) is 2.87. The van der Waals surface area contributed by atoms with Crippen LogP contribution in [0.15, 0.2) is 24.3 Å². The standard InChI is InChI=1S/C10H11NO3/c1-13-9-5-3-4-8(11-9)6-7-10(12)14-2/h3-7H,1-2H3/b7-6+. The van der Waals surface area contributed by atoms with Crippen molar-refractivity contribution in [2.24, 2.45) is 0 Å². The first kappa shape index (κ1) is 10.2. The number of carbonyl (C=O) groups excluding carboxylic acids is 1. The van der Waals surface area contributed by atoms with Crippen LogP contribution in [0.5, 0.6) is 5.88 Å². The highest BCUT2D eigenvalue weighted by Gasteiger charge is 1.95. The van der Waals surface area contributed by atoms with Crippen molar-refractivity contribution in [3.63, 3.8) is 0 Å². The lowest BCUT2D eigenvalue weighted by molar-refractivity contribution is -0.134. The molecule has 0 spiro atoms. The lowest BCUT2D eigenvalue weighted by Crippen LogP contribution is -1.94. The molecule has 1 heterocycles. The maximum atomic E-state index is 10.8. The zero-order valence-electron chi connectivity index (χ0n) is 8.06. The van der Waals surface area contributed by atoms with Crippen molar-refractivity contribution in [3.05, 3.63) is 30.0 Å². The highest BCUT2D eigenvalue weighted by molar-refractivity contribution is 5.86. The van der Waals surface area contributed by atoms with Gasteiger partial charge in [-0.15, -0.1) is 0 Å². The third-order valence-corrected chi connectivity index (χ3v) is 1.55. The van der Waals surface area contributed by atoms with Gasteiger partial charge in [0.05, 0.1) is 19.9 Å². The molecule has 1 aromatic rings. The molecule has 0 aliphatic heterocycles. The second kappa shape index (κ2) is 5.01. The largest absolute Gasteiger partial charge is 0.481 e. The molecule has 0 amide bonds. The first-order chi connectivity index (χ1) is 6.76. The van der Waals surface area contributed by atoms with E-state index in [0.29, 0.717) is 11.6 Å². The van der Waals surface area contributed by atoms with Gasteiger partial charge in [0.15, 0.2) is 0 Å². The molecule has 1 aromatic heterocycles. The summed E-state index contributed by atoms with van der Waals surface area (Å²) in [5.74, 6) is 0.103. The summed E-state index contributed by atoms with van der Waals surface area (Å²) in [5.41, 5.74) is 0.648. The van der Waals surface area contributed by atoms with Gasteiger partial charge in [-0.2, -0.15) is 0 Å². The fourth-order valence-electron chi connectivity index (χ4n) is 0.859. The van der Waals surface area contributed by atoms with Crippen LogP contribution in [0.2, 0.25) is 0 Å². The minimum absolute atomic E-state index is 0.408. The molecule has 0 aromatic carbocycles. The third-order valence-electron chi connectivity index (χ3n) is 1.55. The number of rotatable bonds is 3. The Morgan fingerprint density at radius 2 is 2.21 bits per heavy atom. The number of carbonyl (C=O) groups is 1. The first-order valence-electron chi connectivity index (χ1n) is 4.03. The Balaban J connectivity index is 2.76. The van der Waals surface area contributed by atoms with Crippen LogP contribution in [-0.2, 0) is 9.53 Å². The van der Waals surface area contributed by atoms with Gasteiger partial charge < -0.3 is 9.47 Å². The Hall–Kier alpha value is -1.84. The summed E-state index contributed by atoms with van der Waals surface area (Å²) in [5, 5.41) is 0. The summed E-state index contributed by atoms with van der Waals surface area (Å²) in [4.78, 5) is 14.9. The van der Waals surface area contributed by atoms with E-state index in [1.54, 1.807) is 24.3 Å². The molecule has 0 unspecified atom stereocenters. The first-order valence-corrected chi connectivity index (χ1v) is 4.03. The third kappa shape index (κ3) is 2.90. The van der Waals surface area contributed by atoms with Gasteiger partial charge in [-0.05, 0) is 12.1 Å². The van der Waals surface area contributed by atoms with Gasteiger partial charge >= 0.3 is 5.97 Å². The summed E-state index contributed by atoms with van der Waals surface area (Å²) in [7, 11) is 2.86. The predicted octanol–water partition coefficient (Wildman–Crippen LogP) is 1.28. The number of methoxy groups -OCH3 is 2. The number of pyridine rings is 1. The monoisotopic (exact) mass is 193 g/mol. The van der Waals surface area contributed by atoms with Crippen molar-refractivity contribution >= 4 is 12.0 Å². The fourth-order valence-corrected chi connectivity index (χ4v) is 0.859. The molecule has 0 aliphatic carbocycles. The van der Waals surface area contributed by atoms with Crippen molar-refractivity contribution in [3.8, 4) is 5.88 Å². The Kier molecular flexibility index (Phi) is 3.67.